The predicted molar refractivity (Wildman–Crippen MR) is 141 cm³/mol. The van der Waals surface area contributed by atoms with Gasteiger partial charge in [-0.05, 0) is 79.2 Å². The van der Waals surface area contributed by atoms with Crippen LogP contribution in [0.3, 0.4) is 0 Å². The van der Waals surface area contributed by atoms with Gasteiger partial charge >= 0.3 is 0 Å². The molecule has 3 heterocycles. The van der Waals surface area contributed by atoms with Crippen molar-refractivity contribution in [2.45, 2.75) is 45.1 Å². The Hall–Kier alpha value is -3.25. The molecule has 1 fully saturated rings. The first-order valence-corrected chi connectivity index (χ1v) is 12.5. The van der Waals surface area contributed by atoms with E-state index in [2.05, 4.69) is 70.7 Å². The van der Waals surface area contributed by atoms with E-state index >= 15 is 0 Å². The molecule has 2 aromatic heterocycles. The van der Waals surface area contributed by atoms with Crippen LogP contribution in [0.4, 0.5) is 0 Å². The molecule has 4 aromatic rings. The highest BCUT2D eigenvalue weighted by atomic mass is 16.5. The van der Waals surface area contributed by atoms with Crippen LogP contribution in [0.15, 0.2) is 48.8 Å². The van der Waals surface area contributed by atoms with Gasteiger partial charge < -0.3 is 19.0 Å². The fraction of sp³-hybridized carbons (Fsp3) is 0.414. The molecule has 5 rings (SSSR count). The quantitative estimate of drug-likeness (QED) is 0.354. The number of methoxy groups -OCH3 is 2. The van der Waals surface area contributed by atoms with Crippen LogP contribution in [0.2, 0.25) is 0 Å². The summed E-state index contributed by atoms with van der Waals surface area (Å²) < 4.78 is 13.1. The van der Waals surface area contributed by atoms with E-state index in [9.17, 15) is 0 Å². The number of ether oxygens (including phenoxy) is 2. The Morgan fingerprint density at radius 2 is 1.80 bits per heavy atom. The van der Waals surface area contributed by atoms with Gasteiger partial charge in [0.2, 0.25) is 0 Å². The molecule has 0 atom stereocenters. The van der Waals surface area contributed by atoms with Crippen LogP contribution in [-0.2, 0) is 13.6 Å². The zero-order chi connectivity index (χ0) is 24.5. The number of rotatable bonds is 7. The zero-order valence-corrected chi connectivity index (χ0v) is 21.5. The summed E-state index contributed by atoms with van der Waals surface area (Å²) in [5.74, 6) is 3.62. The van der Waals surface area contributed by atoms with E-state index in [1.807, 2.05) is 18.5 Å². The summed E-state index contributed by atoms with van der Waals surface area (Å²) in [5.41, 5.74) is 6.29. The molecule has 0 spiro atoms. The number of H-pyrrole nitrogens is 1. The summed E-state index contributed by atoms with van der Waals surface area (Å²) in [7, 11) is 5.43. The monoisotopic (exact) mass is 472 g/mol. The second kappa shape index (κ2) is 9.78. The number of nitrogens with one attached hydrogen (secondary N) is 1. The van der Waals surface area contributed by atoms with Gasteiger partial charge in [0.25, 0.3) is 0 Å². The van der Waals surface area contributed by atoms with Gasteiger partial charge in [-0.2, -0.15) is 0 Å². The molecular weight excluding hydrogens is 436 g/mol. The highest BCUT2D eigenvalue weighted by molar-refractivity contribution is 5.92. The molecule has 6 nitrogen and oxygen atoms in total. The standard InChI is InChI=1S/C29H36N4O2/c1-19(2)28-23-16-21(20-10-13-33(14-11-20)18-27-30-12-15-32(27)3)6-8-24(23)31-29(28)22-7-9-25(34-4)26(17-22)35-5/h6-9,12,15-17,19-20,31H,10-11,13-14,18H2,1-5H3. The number of fused-ring (bicyclic) bond motifs is 1. The van der Waals surface area contributed by atoms with Gasteiger partial charge in [-0.1, -0.05) is 19.9 Å². The highest BCUT2D eigenvalue weighted by Crippen LogP contribution is 2.40. The summed E-state index contributed by atoms with van der Waals surface area (Å²) in [4.78, 5) is 10.7. The van der Waals surface area contributed by atoms with Crippen molar-refractivity contribution in [3.63, 3.8) is 0 Å². The van der Waals surface area contributed by atoms with Crippen LogP contribution in [0.1, 0.15) is 55.5 Å². The number of benzene rings is 2. The van der Waals surface area contributed by atoms with Crippen molar-refractivity contribution in [1.82, 2.24) is 19.4 Å². The van der Waals surface area contributed by atoms with Gasteiger partial charge in [0.15, 0.2) is 11.5 Å². The molecule has 0 unspecified atom stereocenters. The lowest BCUT2D eigenvalue weighted by atomic mass is 9.87. The molecular formula is C29H36N4O2. The first-order valence-electron chi connectivity index (χ1n) is 12.5. The average molecular weight is 473 g/mol. The largest absolute Gasteiger partial charge is 0.493 e. The number of aromatic nitrogens is 3. The molecule has 35 heavy (non-hydrogen) atoms. The SMILES string of the molecule is COc1ccc(-c2[nH]c3ccc(C4CCN(Cc5nccn5C)CC4)cc3c2C(C)C)cc1OC. The molecule has 1 aliphatic heterocycles. The summed E-state index contributed by atoms with van der Waals surface area (Å²) in [5, 5.41) is 1.33. The Kier molecular flexibility index (Phi) is 6.56. The Morgan fingerprint density at radius 1 is 1.03 bits per heavy atom. The summed E-state index contributed by atoms with van der Waals surface area (Å²) in [6.07, 6.45) is 6.27. The van der Waals surface area contributed by atoms with E-state index in [0.29, 0.717) is 11.8 Å². The number of hydrogen-bond donors (Lipinski definition) is 1. The lowest BCUT2D eigenvalue weighted by molar-refractivity contribution is 0.198. The van der Waals surface area contributed by atoms with E-state index in [0.717, 1.165) is 48.2 Å². The van der Waals surface area contributed by atoms with Gasteiger partial charge in [0.05, 0.1) is 26.5 Å². The number of aryl methyl sites for hydroxylation is 1. The molecule has 2 aromatic carbocycles. The number of aromatic amines is 1. The van der Waals surface area contributed by atoms with E-state index in [-0.39, 0.29) is 0 Å². The first-order chi connectivity index (χ1) is 17.0. The maximum Gasteiger partial charge on any atom is 0.161 e. The minimum absolute atomic E-state index is 0.390. The van der Waals surface area contributed by atoms with Gasteiger partial charge in [-0.15, -0.1) is 0 Å². The highest BCUT2D eigenvalue weighted by Gasteiger charge is 2.23. The molecule has 1 saturated heterocycles. The van der Waals surface area contributed by atoms with E-state index in [4.69, 9.17) is 9.47 Å². The lowest BCUT2D eigenvalue weighted by Gasteiger charge is -2.32. The fourth-order valence-electron chi connectivity index (χ4n) is 5.48. The minimum Gasteiger partial charge on any atom is -0.493 e. The van der Waals surface area contributed by atoms with Crippen LogP contribution in [0.5, 0.6) is 11.5 Å². The van der Waals surface area contributed by atoms with Crippen LogP contribution in [-0.4, -0.2) is 46.7 Å². The van der Waals surface area contributed by atoms with Gasteiger partial charge in [0, 0.05) is 35.9 Å². The van der Waals surface area contributed by atoms with Crippen LogP contribution in [0, 0.1) is 0 Å². The molecule has 0 amide bonds. The summed E-state index contributed by atoms with van der Waals surface area (Å²) in [6, 6.07) is 13.2. The normalized spacial score (nSPS) is 15.3. The maximum absolute atomic E-state index is 5.57. The van der Waals surface area contributed by atoms with Crippen molar-refractivity contribution < 1.29 is 9.47 Å². The molecule has 6 heteroatoms. The predicted octanol–water partition coefficient (Wildman–Crippen LogP) is 6.09. The van der Waals surface area contributed by atoms with Crippen molar-refractivity contribution in [1.29, 1.82) is 0 Å². The molecule has 184 valence electrons. The van der Waals surface area contributed by atoms with Crippen molar-refractivity contribution in [2.24, 2.45) is 7.05 Å². The number of imidazole rings is 1. The van der Waals surface area contributed by atoms with Gasteiger partial charge in [0.1, 0.15) is 5.82 Å². The molecule has 0 radical (unpaired) electrons. The first kappa shape index (κ1) is 23.5. The summed E-state index contributed by atoms with van der Waals surface area (Å²) >= 11 is 0. The average Bonchev–Trinajstić information content (AvgIpc) is 3.46. The lowest BCUT2D eigenvalue weighted by Crippen LogP contribution is -2.33. The topological polar surface area (TPSA) is 55.3 Å². The maximum atomic E-state index is 5.57. The van der Waals surface area contributed by atoms with Crippen molar-refractivity contribution in [3.8, 4) is 22.8 Å². The molecule has 0 saturated carbocycles. The molecule has 1 aliphatic rings. The molecule has 0 aliphatic carbocycles. The zero-order valence-electron chi connectivity index (χ0n) is 21.5. The summed E-state index contributed by atoms with van der Waals surface area (Å²) in [6.45, 7) is 7.69. The van der Waals surface area contributed by atoms with Crippen LogP contribution in [0.25, 0.3) is 22.2 Å². The Morgan fingerprint density at radius 3 is 2.46 bits per heavy atom. The Bertz CT molecular complexity index is 1310. The smallest absolute Gasteiger partial charge is 0.161 e. The second-order valence-corrected chi connectivity index (χ2v) is 9.95. The third kappa shape index (κ3) is 4.55. The van der Waals surface area contributed by atoms with Crippen molar-refractivity contribution in [3.05, 3.63) is 65.7 Å². The van der Waals surface area contributed by atoms with E-state index < -0.39 is 0 Å². The number of likely N-dealkylation sites (tertiary alicyclic amines) is 1. The molecule has 0 bridgehead atoms. The fourth-order valence-corrected chi connectivity index (χ4v) is 5.48. The number of piperidine rings is 1. The third-order valence-electron chi connectivity index (χ3n) is 7.46. The van der Waals surface area contributed by atoms with Gasteiger partial charge in [-0.3, -0.25) is 4.90 Å². The van der Waals surface area contributed by atoms with Gasteiger partial charge in [-0.25, -0.2) is 4.98 Å². The Labute approximate surface area is 207 Å². The Balaban J connectivity index is 1.41. The van der Waals surface area contributed by atoms with E-state index in [1.54, 1.807) is 14.2 Å². The van der Waals surface area contributed by atoms with E-state index in [1.165, 1.54) is 34.9 Å². The third-order valence-corrected chi connectivity index (χ3v) is 7.46. The molecule has 1 N–H and O–H groups in total. The number of hydrogen-bond acceptors (Lipinski definition) is 4. The van der Waals surface area contributed by atoms with Crippen LogP contribution >= 0.6 is 0 Å². The minimum atomic E-state index is 0.390. The van der Waals surface area contributed by atoms with Crippen molar-refractivity contribution in [2.75, 3.05) is 27.3 Å². The number of nitrogens with zero attached hydrogens (tertiary/aromatic N) is 3. The second-order valence-electron chi connectivity index (χ2n) is 9.95. The van der Waals surface area contributed by atoms with Crippen LogP contribution < -0.4 is 9.47 Å². The van der Waals surface area contributed by atoms with Crippen molar-refractivity contribution >= 4 is 10.9 Å².